The van der Waals surface area contributed by atoms with E-state index in [1.807, 2.05) is 66.7 Å². The average molecular weight is 561 g/mol. The van der Waals surface area contributed by atoms with Crippen molar-refractivity contribution in [2.75, 3.05) is 26.3 Å². The second-order valence-electron chi connectivity index (χ2n) is 10.7. The number of allylic oxidation sites excluding steroid dienone is 2. The number of carbonyl (C=O) groups is 3. The largest absolute Gasteiger partial charge is 0.463 e. The van der Waals surface area contributed by atoms with E-state index in [-0.39, 0.29) is 55.9 Å². The van der Waals surface area contributed by atoms with Crippen LogP contribution in [0.25, 0.3) is 0 Å². The minimum Gasteiger partial charge on any atom is -0.463 e. The van der Waals surface area contributed by atoms with Crippen LogP contribution in [0.4, 0.5) is 0 Å². The minimum absolute atomic E-state index is 0.0292. The zero-order valence-corrected chi connectivity index (χ0v) is 24.0. The van der Waals surface area contributed by atoms with Gasteiger partial charge < -0.3 is 19.6 Å². The van der Waals surface area contributed by atoms with Crippen molar-refractivity contribution in [1.29, 1.82) is 0 Å². The van der Waals surface area contributed by atoms with Crippen molar-refractivity contribution in [3.8, 4) is 0 Å². The van der Waals surface area contributed by atoms with Crippen LogP contribution >= 0.6 is 0 Å². The predicted molar refractivity (Wildman–Crippen MR) is 161 cm³/mol. The first kappa shape index (κ1) is 31.8. The molecule has 0 radical (unpaired) electrons. The molecule has 1 heterocycles. The van der Waals surface area contributed by atoms with Gasteiger partial charge in [-0.05, 0) is 49.7 Å². The smallest absolute Gasteiger partial charge is 0.309 e. The van der Waals surface area contributed by atoms with Crippen LogP contribution in [0.5, 0.6) is 0 Å². The first-order valence-electron chi connectivity index (χ1n) is 14.6. The molecule has 0 saturated carbocycles. The van der Waals surface area contributed by atoms with Crippen LogP contribution in [0.1, 0.15) is 49.7 Å². The molecule has 0 aliphatic carbocycles. The first-order chi connectivity index (χ1) is 20.0. The number of likely N-dealkylation sites (tertiary alicyclic amines) is 1. The van der Waals surface area contributed by atoms with Gasteiger partial charge in [0.2, 0.25) is 11.8 Å². The minimum atomic E-state index is -0.563. The molecule has 0 spiro atoms. The molecule has 2 amide bonds. The number of benzene rings is 2. The van der Waals surface area contributed by atoms with Crippen LogP contribution in [0, 0.1) is 11.8 Å². The molecule has 1 saturated heterocycles. The van der Waals surface area contributed by atoms with Crippen molar-refractivity contribution in [2.45, 2.75) is 57.5 Å². The lowest BCUT2D eigenvalue weighted by atomic mass is 9.95. The van der Waals surface area contributed by atoms with Gasteiger partial charge in [0.05, 0.1) is 24.5 Å². The van der Waals surface area contributed by atoms with E-state index in [0.717, 1.165) is 30.4 Å². The summed E-state index contributed by atoms with van der Waals surface area (Å²) in [4.78, 5) is 43.5. The molecular weight excluding hydrogens is 516 g/mol. The molecule has 0 aromatic heterocycles. The molecule has 41 heavy (non-hydrogen) atoms. The van der Waals surface area contributed by atoms with Crippen LogP contribution in [0.3, 0.4) is 0 Å². The fraction of sp³-hybridized carbons (Fsp3) is 0.441. The fourth-order valence-electron chi connectivity index (χ4n) is 5.38. The Balaban J connectivity index is 1.62. The van der Waals surface area contributed by atoms with Gasteiger partial charge in [-0.15, -0.1) is 13.2 Å². The van der Waals surface area contributed by atoms with Crippen LogP contribution in [0.15, 0.2) is 86.0 Å². The highest BCUT2D eigenvalue weighted by Crippen LogP contribution is 2.25. The number of esters is 1. The van der Waals surface area contributed by atoms with E-state index < -0.39 is 5.92 Å². The summed E-state index contributed by atoms with van der Waals surface area (Å²) in [5, 5.41) is 9.56. The van der Waals surface area contributed by atoms with Gasteiger partial charge in [0, 0.05) is 26.1 Å². The third-order valence-corrected chi connectivity index (χ3v) is 7.62. The van der Waals surface area contributed by atoms with Gasteiger partial charge in [0.25, 0.3) is 0 Å². The number of nitrogens with zero attached hydrogens (tertiary/aromatic N) is 2. The van der Waals surface area contributed by atoms with E-state index in [0.29, 0.717) is 32.4 Å². The molecule has 0 bridgehead atoms. The van der Waals surface area contributed by atoms with Gasteiger partial charge in [-0.25, -0.2) is 0 Å². The number of hydrogen-bond acceptors (Lipinski definition) is 5. The van der Waals surface area contributed by atoms with E-state index in [1.54, 1.807) is 15.9 Å². The van der Waals surface area contributed by atoms with Crippen molar-refractivity contribution in [3.63, 3.8) is 0 Å². The maximum atomic E-state index is 13.7. The van der Waals surface area contributed by atoms with Crippen molar-refractivity contribution < 1.29 is 24.2 Å². The quantitative estimate of drug-likeness (QED) is 0.219. The standard InChI is InChI=1S/C34H44N2O5/c1-3-5-18-30(23-27-14-8-6-9-15-27)34(40)41-26-31-19-12-20-36(31)33(39)29(13-4-2)24-32(38)35(21-22-37)25-28-16-10-7-11-17-28/h3-4,6-11,14-17,29-31,37H,1-2,5,12-13,18-26H2. The third kappa shape index (κ3) is 10.0. The summed E-state index contributed by atoms with van der Waals surface area (Å²) in [5.41, 5.74) is 2.04. The monoisotopic (exact) mass is 560 g/mol. The number of aliphatic hydroxyl groups is 1. The highest BCUT2D eigenvalue weighted by molar-refractivity contribution is 5.86. The predicted octanol–water partition coefficient (Wildman–Crippen LogP) is 4.95. The molecule has 1 N–H and O–H groups in total. The lowest BCUT2D eigenvalue weighted by Gasteiger charge is -2.30. The third-order valence-electron chi connectivity index (χ3n) is 7.62. The number of hydrogen-bond donors (Lipinski definition) is 1. The Morgan fingerprint density at radius 3 is 2.32 bits per heavy atom. The molecule has 1 aliphatic rings. The fourth-order valence-corrected chi connectivity index (χ4v) is 5.38. The second-order valence-corrected chi connectivity index (χ2v) is 10.7. The van der Waals surface area contributed by atoms with Crippen molar-refractivity contribution in [2.24, 2.45) is 11.8 Å². The van der Waals surface area contributed by atoms with Gasteiger partial charge >= 0.3 is 5.97 Å². The second kappa shape index (κ2) is 17.2. The normalized spacial score (nSPS) is 16.0. The van der Waals surface area contributed by atoms with Crippen LogP contribution < -0.4 is 0 Å². The van der Waals surface area contributed by atoms with Crippen molar-refractivity contribution in [1.82, 2.24) is 9.80 Å². The van der Waals surface area contributed by atoms with E-state index >= 15 is 0 Å². The number of ether oxygens (including phenoxy) is 1. The summed E-state index contributed by atoms with van der Waals surface area (Å²) in [6.45, 7) is 8.72. The summed E-state index contributed by atoms with van der Waals surface area (Å²) in [6.07, 6.45) is 7.40. The lowest BCUT2D eigenvalue weighted by Crippen LogP contribution is -2.44. The molecule has 2 aromatic rings. The van der Waals surface area contributed by atoms with Crippen molar-refractivity contribution >= 4 is 17.8 Å². The molecule has 1 aliphatic heterocycles. The Kier molecular flexibility index (Phi) is 13.3. The highest BCUT2D eigenvalue weighted by atomic mass is 16.5. The number of rotatable bonds is 17. The molecule has 220 valence electrons. The summed E-state index contributed by atoms with van der Waals surface area (Å²) < 4.78 is 5.80. The first-order valence-corrected chi connectivity index (χ1v) is 14.6. The van der Waals surface area contributed by atoms with Gasteiger partial charge in [0.1, 0.15) is 6.61 Å². The summed E-state index contributed by atoms with van der Waals surface area (Å²) in [5.74, 6) is -1.40. The molecular formula is C34H44N2O5. The number of carbonyl (C=O) groups excluding carboxylic acids is 3. The van der Waals surface area contributed by atoms with E-state index in [4.69, 9.17) is 4.74 Å². The highest BCUT2D eigenvalue weighted by Gasteiger charge is 2.35. The maximum Gasteiger partial charge on any atom is 0.309 e. The molecule has 7 heteroatoms. The van der Waals surface area contributed by atoms with Crippen LogP contribution in [-0.2, 0) is 32.1 Å². The van der Waals surface area contributed by atoms with Crippen LogP contribution in [0.2, 0.25) is 0 Å². The summed E-state index contributed by atoms with van der Waals surface area (Å²) >= 11 is 0. The molecule has 1 fully saturated rings. The zero-order valence-electron chi connectivity index (χ0n) is 24.0. The van der Waals surface area contributed by atoms with Gasteiger partial charge in [-0.1, -0.05) is 72.8 Å². The summed E-state index contributed by atoms with van der Waals surface area (Å²) in [6, 6.07) is 19.3. The SMILES string of the molecule is C=CCCC(Cc1ccccc1)C(=O)OCC1CCCN1C(=O)C(CC=C)CC(=O)N(CCO)Cc1ccccc1. The summed E-state index contributed by atoms with van der Waals surface area (Å²) in [7, 11) is 0. The van der Waals surface area contributed by atoms with Crippen LogP contribution in [-0.4, -0.2) is 65.0 Å². The van der Waals surface area contributed by atoms with E-state index in [1.165, 1.54) is 0 Å². The number of aliphatic hydroxyl groups excluding tert-OH is 1. The molecule has 3 rings (SSSR count). The maximum absolute atomic E-state index is 13.7. The van der Waals surface area contributed by atoms with E-state index in [9.17, 15) is 19.5 Å². The molecule has 3 unspecified atom stereocenters. The average Bonchev–Trinajstić information content (AvgIpc) is 3.47. The van der Waals surface area contributed by atoms with Gasteiger partial charge in [-0.2, -0.15) is 0 Å². The van der Waals surface area contributed by atoms with Gasteiger partial charge in [-0.3, -0.25) is 14.4 Å². The Morgan fingerprint density at radius 1 is 1.00 bits per heavy atom. The Bertz CT molecular complexity index is 1120. The van der Waals surface area contributed by atoms with E-state index in [2.05, 4.69) is 13.2 Å². The molecule has 7 nitrogen and oxygen atoms in total. The topological polar surface area (TPSA) is 87.2 Å². The van der Waals surface area contributed by atoms with Gasteiger partial charge in [0.15, 0.2) is 0 Å². The zero-order chi connectivity index (χ0) is 29.5. The molecule has 3 atom stereocenters. The lowest BCUT2D eigenvalue weighted by molar-refractivity contribution is -0.153. The Hall–Kier alpha value is -3.71. The Morgan fingerprint density at radius 2 is 1.68 bits per heavy atom. The Labute approximate surface area is 244 Å². The molecule has 2 aromatic carbocycles. The number of amides is 2. The van der Waals surface area contributed by atoms with Crippen molar-refractivity contribution in [3.05, 3.63) is 97.1 Å².